The van der Waals surface area contributed by atoms with Crippen LogP contribution in [0.3, 0.4) is 0 Å². The molecule has 4 nitrogen and oxygen atoms in total. The molecule has 2 fully saturated rings. The number of hydrogen-bond donors (Lipinski definition) is 2. The van der Waals surface area contributed by atoms with E-state index in [-0.39, 0.29) is 23.7 Å². The Balaban J connectivity index is 1.51. The first kappa shape index (κ1) is 15.3. The smallest absolute Gasteiger partial charge is 0.228 e. The average molecular weight is 321 g/mol. The van der Waals surface area contributed by atoms with Crippen molar-refractivity contribution in [1.29, 1.82) is 0 Å². The topological polar surface area (TPSA) is 58.2 Å². The van der Waals surface area contributed by atoms with Crippen molar-refractivity contribution in [3.63, 3.8) is 0 Å². The van der Waals surface area contributed by atoms with Crippen LogP contribution in [0, 0.1) is 18.8 Å². The number of carbonyl (C=O) groups is 2. The predicted molar refractivity (Wildman–Crippen MR) is 86.8 cm³/mol. The van der Waals surface area contributed by atoms with Crippen LogP contribution in [0.1, 0.15) is 37.7 Å². The van der Waals surface area contributed by atoms with Gasteiger partial charge >= 0.3 is 0 Å². The van der Waals surface area contributed by atoms with Crippen molar-refractivity contribution >= 4 is 29.1 Å². The highest BCUT2D eigenvalue weighted by atomic mass is 35.5. The number of rotatable bonds is 4. The molecule has 2 N–H and O–H groups in total. The van der Waals surface area contributed by atoms with Crippen molar-refractivity contribution in [2.75, 3.05) is 5.32 Å². The van der Waals surface area contributed by atoms with Crippen LogP contribution in [0.2, 0.25) is 5.02 Å². The lowest BCUT2D eigenvalue weighted by Crippen LogP contribution is -2.34. The maximum atomic E-state index is 12.2. The van der Waals surface area contributed by atoms with E-state index in [9.17, 15) is 9.59 Å². The molecule has 2 aliphatic carbocycles. The molecule has 2 amide bonds. The van der Waals surface area contributed by atoms with E-state index in [1.54, 1.807) is 6.07 Å². The molecule has 1 aromatic carbocycles. The lowest BCUT2D eigenvalue weighted by molar-refractivity contribution is -0.125. The maximum absolute atomic E-state index is 12.2. The number of halogens is 1. The molecule has 2 saturated carbocycles. The second-order valence-electron chi connectivity index (χ2n) is 6.39. The Labute approximate surface area is 135 Å². The molecule has 0 radical (unpaired) electrons. The molecule has 0 bridgehead atoms. The maximum Gasteiger partial charge on any atom is 0.228 e. The molecule has 118 valence electrons. The standard InChI is InChI=1S/C17H21ClN2O2/c1-10-6-7-12(8-15(10)18)20-17(22)14-9-13(14)16(21)19-11-4-2-3-5-11/h6-8,11,13-14H,2-5,9H2,1H3,(H,19,21)(H,20,22). The largest absolute Gasteiger partial charge is 0.353 e. The number of anilines is 1. The van der Waals surface area contributed by atoms with Crippen LogP contribution < -0.4 is 10.6 Å². The molecule has 0 heterocycles. The summed E-state index contributed by atoms with van der Waals surface area (Å²) >= 11 is 6.05. The first-order valence-electron chi connectivity index (χ1n) is 7.92. The molecule has 1 aromatic rings. The summed E-state index contributed by atoms with van der Waals surface area (Å²) < 4.78 is 0. The Hall–Kier alpha value is -1.55. The number of nitrogens with one attached hydrogen (secondary N) is 2. The Morgan fingerprint density at radius 2 is 1.82 bits per heavy atom. The minimum absolute atomic E-state index is 0.0361. The van der Waals surface area contributed by atoms with E-state index in [0.717, 1.165) is 18.4 Å². The Bertz CT molecular complexity index is 596. The Morgan fingerprint density at radius 1 is 1.14 bits per heavy atom. The summed E-state index contributed by atoms with van der Waals surface area (Å²) in [5.74, 6) is -0.427. The van der Waals surface area contributed by atoms with Gasteiger partial charge in [-0.3, -0.25) is 9.59 Å². The van der Waals surface area contributed by atoms with Gasteiger partial charge in [0, 0.05) is 16.8 Å². The van der Waals surface area contributed by atoms with E-state index >= 15 is 0 Å². The highest BCUT2D eigenvalue weighted by molar-refractivity contribution is 6.31. The monoisotopic (exact) mass is 320 g/mol. The zero-order chi connectivity index (χ0) is 15.7. The first-order valence-corrected chi connectivity index (χ1v) is 8.30. The predicted octanol–water partition coefficient (Wildman–Crippen LogP) is 3.28. The second kappa shape index (κ2) is 6.29. The van der Waals surface area contributed by atoms with E-state index in [4.69, 9.17) is 11.6 Å². The third-order valence-corrected chi connectivity index (χ3v) is 5.01. The van der Waals surface area contributed by atoms with Crippen LogP contribution in [-0.4, -0.2) is 17.9 Å². The third-order valence-electron chi connectivity index (χ3n) is 4.60. The van der Waals surface area contributed by atoms with Crippen molar-refractivity contribution in [2.45, 2.75) is 45.1 Å². The van der Waals surface area contributed by atoms with Crippen molar-refractivity contribution in [2.24, 2.45) is 11.8 Å². The lowest BCUT2D eigenvalue weighted by Gasteiger charge is -2.11. The summed E-state index contributed by atoms with van der Waals surface area (Å²) in [7, 11) is 0. The van der Waals surface area contributed by atoms with Crippen LogP contribution in [0.25, 0.3) is 0 Å². The van der Waals surface area contributed by atoms with Crippen molar-refractivity contribution in [3.05, 3.63) is 28.8 Å². The summed E-state index contributed by atoms with van der Waals surface area (Å²) in [6.07, 6.45) is 5.15. The number of amides is 2. The number of benzene rings is 1. The fourth-order valence-electron chi connectivity index (χ4n) is 3.06. The van der Waals surface area contributed by atoms with Crippen molar-refractivity contribution in [3.8, 4) is 0 Å². The highest BCUT2D eigenvalue weighted by Crippen LogP contribution is 2.40. The molecule has 0 aliphatic heterocycles. The molecule has 2 unspecified atom stereocenters. The van der Waals surface area contributed by atoms with Gasteiger partial charge in [0.2, 0.25) is 11.8 Å². The normalized spacial score (nSPS) is 24.1. The van der Waals surface area contributed by atoms with Crippen LogP contribution in [-0.2, 0) is 9.59 Å². The van der Waals surface area contributed by atoms with Crippen LogP contribution in [0.15, 0.2) is 18.2 Å². The first-order chi connectivity index (χ1) is 10.5. The summed E-state index contributed by atoms with van der Waals surface area (Å²) in [6.45, 7) is 1.91. The van der Waals surface area contributed by atoms with Gasteiger partial charge < -0.3 is 10.6 Å². The number of hydrogen-bond acceptors (Lipinski definition) is 2. The van der Waals surface area contributed by atoms with E-state index in [1.165, 1.54) is 12.8 Å². The van der Waals surface area contributed by atoms with E-state index in [0.29, 0.717) is 23.2 Å². The highest BCUT2D eigenvalue weighted by Gasteiger charge is 2.48. The average Bonchev–Trinajstić information content (AvgIpc) is 3.14. The van der Waals surface area contributed by atoms with E-state index in [2.05, 4.69) is 10.6 Å². The molecule has 2 aliphatic rings. The summed E-state index contributed by atoms with van der Waals surface area (Å²) in [6, 6.07) is 5.75. The minimum atomic E-state index is -0.207. The summed E-state index contributed by atoms with van der Waals surface area (Å²) in [4.78, 5) is 24.3. The molecule has 0 spiro atoms. The van der Waals surface area contributed by atoms with Gasteiger partial charge in [0.05, 0.1) is 11.8 Å². The zero-order valence-electron chi connectivity index (χ0n) is 12.7. The van der Waals surface area contributed by atoms with Crippen LogP contribution in [0.4, 0.5) is 5.69 Å². The molecule has 2 atom stereocenters. The number of carbonyl (C=O) groups excluding carboxylic acids is 2. The van der Waals surface area contributed by atoms with Gasteiger partial charge in [0.1, 0.15) is 0 Å². The summed E-state index contributed by atoms with van der Waals surface area (Å²) in [5.41, 5.74) is 1.65. The van der Waals surface area contributed by atoms with E-state index < -0.39 is 0 Å². The minimum Gasteiger partial charge on any atom is -0.353 e. The van der Waals surface area contributed by atoms with Gasteiger partial charge in [-0.2, -0.15) is 0 Å². The fraction of sp³-hybridized carbons (Fsp3) is 0.529. The molecular weight excluding hydrogens is 300 g/mol. The van der Waals surface area contributed by atoms with Crippen molar-refractivity contribution < 1.29 is 9.59 Å². The molecule has 5 heteroatoms. The Kier molecular flexibility index (Phi) is 4.39. The van der Waals surface area contributed by atoms with Gasteiger partial charge in [0.25, 0.3) is 0 Å². The van der Waals surface area contributed by atoms with Gasteiger partial charge in [-0.25, -0.2) is 0 Å². The van der Waals surface area contributed by atoms with E-state index in [1.807, 2.05) is 19.1 Å². The lowest BCUT2D eigenvalue weighted by atomic mass is 10.2. The van der Waals surface area contributed by atoms with Gasteiger partial charge in [0.15, 0.2) is 0 Å². The van der Waals surface area contributed by atoms with Crippen LogP contribution >= 0.6 is 11.6 Å². The quantitative estimate of drug-likeness (QED) is 0.894. The van der Waals surface area contributed by atoms with Gasteiger partial charge in [-0.05, 0) is 43.9 Å². The molecule has 0 aromatic heterocycles. The molecule has 0 saturated heterocycles. The molecular formula is C17H21ClN2O2. The molecule has 22 heavy (non-hydrogen) atoms. The fourth-order valence-corrected chi connectivity index (χ4v) is 3.24. The SMILES string of the molecule is Cc1ccc(NC(=O)C2CC2C(=O)NC2CCCC2)cc1Cl. The number of aryl methyl sites for hydroxylation is 1. The zero-order valence-corrected chi connectivity index (χ0v) is 13.5. The third kappa shape index (κ3) is 3.43. The van der Waals surface area contributed by atoms with Crippen LogP contribution in [0.5, 0.6) is 0 Å². The van der Waals surface area contributed by atoms with Crippen molar-refractivity contribution in [1.82, 2.24) is 5.32 Å². The Morgan fingerprint density at radius 3 is 2.50 bits per heavy atom. The summed E-state index contributed by atoms with van der Waals surface area (Å²) in [5, 5.41) is 6.54. The van der Waals surface area contributed by atoms with Gasteiger partial charge in [-0.15, -0.1) is 0 Å². The van der Waals surface area contributed by atoms with Gasteiger partial charge in [-0.1, -0.05) is 30.5 Å². The second-order valence-corrected chi connectivity index (χ2v) is 6.80. The molecule has 3 rings (SSSR count).